The Morgan fingerprint density at radius 2 is 2.10 bits per heavy atom. The highest BCUT2D eigenvalue weighted by Gasteiger charge is 2.25. The Kier molecular flexibility index (Phi) is 5.23. The highest BCUT2D eigenvalue weighted by Crippen LogP contribution is 2.25. The van der Waals surface area contributed by atoms with Crippen molar-refractivity contribution in [3.8, 4) is 0 Å². The molecule has 0 saturated carbocycles. The van der Waals surface area contributed by atoms with Crippen molar-refractivity contribution < 1.29 is 14.3 Å². The molecule has 0 aliphatic carbocycles. The number of carbonyl (C=O) groups excluding carboxylic acids is 1. The molecule has 4 heteroatoms. The van der Waals surface area contributed by atoms with E-state index in [0.717, 1.165) is 31.4 Å². The van der Waals surface area contributed by atoms with E-state index in [1.807, 2.05) is 51.1 Å². The van der Waals surface area contributed by atoms with Gasteiger partial charge in [0.05, 0.1) is 12.1 Å². The standard InChI is InChI=1S/C17H25NO3/c1-17(2,3)21-16(19)18-15(12-14-10-7-11-20-14)13-8-5-4-6-9-13/h4-6,8-9,14-15H,7,10-12H2,1-3H3,(H,18,19)/t14-,15+/m1/s1. The zero-order valence-electron chi connectivity index (χ0n) is 13.1. The number of amides is 1. The molecule has 0 bridgehead atoms. The molecule has 0 aromatic heterocycles. The summed E-state index contributed by atoms with van der Waals surface area (Å²) in [5.41, 5.74) is 0.591. The van der Waals surface area contributed by atoms with Crippen molar-refractivity contribution in [1.82, 2.24) is 5.32 Å². The Hall–Kier alpha value is -1.55. The Labute approximate surface area is 126 Å². The number of hydrogen-bond donors (Lipinski definition) is 1. The van der Waals surface area contributed by atoms with Crippen LogP contribution in [0.1, 0.15) is 51.6 Å². The Bertz CT molecular complexity index is 447. The first-order chi connectivity index (χ1) is 9.94. The summed E-state index contributed by atoms with van der Waals surface area (Å²) in [6.07, 6.45) is 2.76. The van der Waals surface area contributed by atoms with Gasteiger partial charge in [-0.25, -0.2) is 4.79 Å². The average molecular weight is 291 g/mol. The number of nitrogens with one attached hydrogen (secondary N) is 1. The average Bonchev–Trinajstić information content (AvgIpc) is 2.90. The molecule has 0 unspecified atom stereocenters. The van der Waals surface area contributed by atoms with Crippen LogP contribution in [0.4, 0.5) is 4.79 Å². The van der Waals surface area contributed by atoms with E-state index in [9.17, 15) is 4.79 Å². The fourth-order valence-electron chi connectivity index (χ4n) is 2.51. The van der Waals surface area contributed by atoms with Gasteiger partial charge in [0.1, 0.15) is 5.60 Å². The maximum atomic E-state index is 12.0. The monoisotopic (exact) mass is 291 g/mol. The van der Waals surface area contributed by atoms with E-state index in [0.29, 0.717) is 0 Å². The lowest BCUT2D eigenvalue weighted by Crippen LogP contribution is -2.36. The lowest BCUT2D eigenvalue weighted by Gasteiger charge is -2.25. The smallest absolute Gasteiger partial charge is 0.408 e. The van der Waals surface area contributed by atoms with Crippen LogP contribution in [0.15, 0.2) is 30.3 Å². The summed E-state index contributed by atoms with van der Waals surface area (Å²) in [6.45, 7) is 6.41. The van der Waals surface area contributed by atoms with Gasteiger partial charge in [0.2, 0.25) is 0 Å². The fourth-order valence-corrected chi connectivity index (χ4v) is 2.51. The van der Waals surface area contributed by atoms with Crippen molar-refractivity contribution in [1.29, 1.82) is 0 Å². The zero-order chi connectivity index (χ0) is 15.3. The molecule has 1 aromatic carbocycles. The first kappa shape index (κ1) is 15.8. The van der Waals surface area contributed by atoms with E-state index in [2.05, 4.69) is 5.32 Å². The van der Waals surface area contributed by atoms with Crippen LogP contribution in [0.2, 0.25) is 0 Å². The minimum Gasteiger partial charge on any atom is -0.444 e. The van der Waals surface area contributed by atoms with E-state index in [1.165, 1.54) is 0 Å². The van der Waals surface area contributed by atoms with Crippen molar-refractivity contribution in [2.45, 2.75) is 57.8 Å². The molecule has 2 rings (SSSR count). The Balaban J connectivity index is 2.03. The molecule has 1 N–H and O–H groups in total. The number of carbonyl (C=O) groups is 1. The van der Waals surface area contributed by atoms with Gasteiger partial charge in [-0.3, -0.25) is 0 Å². The Morgan fingerprint density at radius 1 is 1.38 bits per heavy atom. The zero-order valence-corrected chi connectivity index (χ0v) is 13.1. The van der Waals surface area contributed by atoms with Gasteiger partial charge in [-0.05, 0) is 45.6 Å². The molecule has 116 valence electrons. The molecular formula is C17H25NO3. The summed E-state index contributed by atoms with van der Waals surface area (Å²) in [5, 5.41) is 2.98. The third kappa shape index (κ3) is 5.38. The largest absolute Gasteiger partial charge is 0.444 e. The second kappa shape index (κ2) is 6.94. The molecule has 2 atom stereocenters. The second-order valence-corrected chi connectivity index (χ2v) is 6.48. The molecule has 1 fully saturated rings. The number of alkyl carbamates (subject to hydrolysis) is 1. The fraction of sp³-hybridized carbons (Fsp3) is 0.588. The van der Waals surface area contributed by atoms with Gasteiger partial charge < -0.3 is 14.8 Å². The third-order valence-electron chi connectivity index (χ3n) is 3.42. The van der Waals surface area contributed by atoms with Crippen molar-refractivity contribution >= 4 is 6.09 Å². The predicted molar refractivity (Wildman–Crippen MR) is 82.1 cm³/mol. The number of rotatable bonds is 4. The van der Waals surface area contributed by atoms with Gasteiger partial charge >= 0.3 is 6.09 Å². The van der Waals surface area contributed by atoms with Crippen LogP contribution in [0.5, 0.6) is 0 Å². The molecular weight excluding hydrogens is 266 g/mol. The maximum absolute atomic E-state index is 12.0. The molecule has 0 spiro atoms. The van der Waals surface area contributed by atoms with E-state index in [4.69, 9.17) is 9.47 Å². The third-order valence-corrected chi connectivity index (χ3v) is 3.42. The van der Waals surface area contributed by atoms with E-state index in [1.54, 1.807) is 0 Å². The lowest BCUT2D eigenvalue weighted by atomic mass is 9.99. The molecule has 1 heterocycles. The molecule has 1 aliphatic rings. The van der Waals surface area contributed by atoms with E-state index < -0.39 is 5.60 Å². The molecule has 21 heavy (non-hydrogen) atoms. The van der Waals surface area contributed by atoms with E-state index in [-0.39, 0.29) is 18.2 Å². The normalized spacial score (nSPS) is 20.0. The van der Waals surface area contributed by atoms with Crippen molar-refractivity contribution in [3.05, 3.63) is 35.9 Å². The highest BCUT2D eigenvalue weighted by molar-refractivity contribution is 5.68. The molecule has 1 amide bonds. The first-order valence-corrected chi connectivity index (χ1v) is 7.60. The van der Waals surface area contributed by atoms with Gasteiger partial charge in [-0.1, -0.05) is 30.3 Å². The molecule has 0 radical (unpaired) electrons. The van der Waals surface area contributed by atoms with Crippen LogP contribution >= 0.6 is 0 Å². The SMILES string of the molecule is CC(C)(C)OC(=O)N[C@@H](C[C@H]1CCCO1)c1ccccc1. The first-order valence-electron chi connectivity index (χ1n) is 7.60. The van der Waals surface area contributed by atoms with Crippen LogP contribution in [-0.2, 0) is 9.47 Å². The van der Waals surface area contributed by atoms with Crippen LogP contribution in [0.25, 0.3) is 0 Å². The summed E-state index contributed by atoms with van der Waals surface area (Å²) >= 11 is 0. The molecule has 1 saturated heterocycles. The van der Waals surface area contributed by atoms with Crippen LogP contribution in [-0.4, -0.2) is 24.4 Å². The van der Waals surface area contributed by atoms with Crippen molar-refractivity contribution in [2.24, 2.45) is 0 Å². The van der Waals surface area contributed by atoms with Gasteiger partial charge in [-0.15, -0.1) is 0 Å². The van der Waals surface area contributed by atoms with Gasteiger partial charge in [-0.2, -0.15) is 0 Å². The second-order valence-electron chi connectivity index (χ2n) is 6.48. The summed E-state index contributed by atoms with van der Waals surface area (Å²) in [7, 11) is 0. The number of hydrogen-bond acceptors (Lipinski definition) is 3. The maximum Gasteiger partial charge on any atom is 0.408 e. The summed E-state index contributed by atoms with van der Waals surface area (Å²) in [5.74, 6) is 0. The van der Waals surface area contributed by atoms with Crippen LogP contribution < -0.4 is 5.32 Å². The lowest BCUT2D eigenvalue weighted by molar-refractivity contribution is 0.0466. The highest BCUT2D eigenvalue weighted by atomic mass is 16.6. The number of ether oxygens (including phenoxy) is 2. The topological polar surface area (TPSA) is 47.6 Å². The minimum atomic E-state index is -0.491. The minimum absolute atomic E-state index is 0.0795. The van der Waals surface area contributed by atoms with Gasteiger partial charge in [0.25, 0.3) is 0 Å². The van der Waals surface area contributed by atoms with Crippen molar-refractivity contribution in [3.63, 3.8) is 0 Å². The van der Waals surface area contributed by atoms with Gasteiger partial charge in [0, 0.05) is 6.61 Å². The molecule has 1 aliphatic heterocycles. The molecule has 4 nitrogen and oxygen atoms in total. The molecule has 1 aromatic rings. The predicted octanol–water partition coefficient (Wildman–Crippen LogP) is 3.82. The summed E-state index contributed by atoms with van der Waals surface area (Å²) in [6, 6.07) is 9.90. The summed E-state index contributed by atoms with van der Waals surface area (Å²) < 4.78 is 11.1. The van der Waals surface area contributed by atoms with Crippen LogP contribution in [0.3, 0.4) is 0 Å². The number of benzene rings is 1. The van der Waals surface area contributed by atoms with Gasteiger partial charge in [0.15, 0.2) is 0 Å². The van der Waals surface area contributed by atoms with E-state index >= 15 is 0 Å². The quantitative estimate of drug-likeness (QED) is 0.917. The summed E-state index contributed by atoms with van der Waals surface area (Å²) in [4.78, 5) is 12.0. The Morgan fingerprint density at radius 3 is 2.67 bits per heavy atom. The van der Waals surface area contributed by atoms with Crippen molar-refractivity contribution in [2.75, 3.05) is 6.61 Å². The van der Waals surface area contributed by atoms with Crippen LogP contribution in [0, 0.1) is 0 Å².